The first-order chi connectivity index (χ1) is 17.1. The Morgan fingerprint density at radius 1 is 0.943 bits per heavy atom. The van der Waals surface area contributed by atoms with E-state index in [-0.39, 0.29) is 11.4 Å². The van der Waals surface area contributed by atoms with Crippen LogP contribution in [-0.2, 0) is 5.41 Å². The van der Waals surface area contributed by atoms with Crippen LogP contribution in [0.15, 0.2) is 53.6 Å². The van der Waals surface area contributed by atoms with Gasteiger partial charge in [0.25, 0.3) is 5.89 Å². The number of nitrogens with one attached hydrogen (secondary N) is 1. The smallest absolute Gasteiger partial charge is 0.278 e. The topological polar surface area (TPSA) is 132 Å². The number of hydrogen-bond donors (Lipinski definition) is 2. The second kappa shape index (κ2) is 8.70. The molecule has 1 saturated heterocycles. The molecule has 6 rings (SSSR count). The first kappa shape index (κ1) is 21.6. The molecule has 1 aromatic carbocycles. The van der Waals surface area contributed by atoms with Crippen LogP contribution in [-0.4, -0.2) is 56.3 Å². The molecule has 10 nitrogen and oxygen atoms in total. The molecule has 4 aromatic rings. The molecule has 1 aliphatic carbocycles. The summed E-state index contributed by atoms with van der Waals surface area (Å²) in [6.45, 7) is 5.93. The van der Waals surface area contributed by atoms with Crippen LogP contribution < -0.4 is 16.0 Å². The maximum Gasteiger partial charge on any atom is 0.278 e. The van der Waals surface area contributed by atoms with Crippen molar-refractivity contribution in [2.75, 3.05) is 36.8 Å². The van der Waals surface area contributed by atoms with Crippen molar-refractivity contribution in [2.45, 2.75) is 25.2 Å². The lowest BCUT2D eigenvalue weighted by Gasteiger charge is -2.27. The zero-order chi connectivity index (χ0) is 23.8. The van der Waals surface area contributed by atoms with Gasteiger partial charge in [0.05, 0.1) is 17.8 Å². The Bertz CT molecular complexity index is 1290. The highest BCUT2D eigenvalue weighted by Crippen LogP contribution is 2.50. The largest absolute Gasteiger partial charge is 0.368 e. The van der Waals surface area contributed by atoms with Gasteiger partial charge < -0.3 is 20.5 Å². The zero-order valence-electron chi connectivity index (χ0n) is 19.6. The Labute approximate surface area is 203 Å². The summed E-state index contributed by atoms with van der Waals surface area (Å²) >= 11 is 0. The van der Waals surface area contributed by atoms with E-state index in [1.807, 2.05) is 0 Å². The number of nitrogen functional groups attached to an aromatic ring is 1. The first-order valence-electron chi connectivity index (χ1n) is 11.9. The third kappa shape index (κ3) is 4.10. The van der Waals surface area contributed by atoms with Gasteiger partial charge in [-0.2, -0.15) is 4.98 Å². The van der Waals surface area contributed by atoms with Gasteiger partial charge in [-0.25, -0.2) is 19.9 Å². The highest BCUT2D eigenvalue weighted by atomic mass is 16.5. The summed E-state index contributed by atoms with van der Waals surface area (Å²) in [7, 11) is 0. The minimum Gasteiger partial charge on any atom is -0.368 e. The van der Waals surface area contributed by atoms with Gasteiger partial charge in [0.1, 0.15) is 11.5 Å². The van der Waals surface area contributed by atoms with E-state index in [0.29, 0.717) is 23.3 Å². The van der Waals surface area contributed by atoms with E-state index in [2.05, 4.69) is 66.5 Å². The second-order valence-electron chi connectivity index (χ2n) is 9.30. The third-order valence-electron chi connectivity index (χ3n) is 7.07. The maximum atomic E-state index is 5.67. The molecule has 1 atom stereocenters. The third-order valence-corrected chi connectivity index (χ3v) is 7.07. The van der Waals surface area contributed by atoms with Crippen molar-refractivity contribution < 1.29 is 4.52 Å². The fraction of sp³-hybridized carbons (Fsp3) is 0.360. The van der Waals surface area contributed by atoms with Gasteiger partial charge in [-0.3, -0.25) is 0 Å². The molecule has 1 unspecified atom stereocenters. The zero-order valence-corrected chi connectivity index (χ0v) is 19.6. The first-order valence-corrected chi connectivity index (χ1v) is 11.9. The highest BCUT2D eigenvalue weighted by Gasteiger charge is 2.47. The summed E-state index contributed by atoms with van der Waals surface area (Å²) in [5.41, 5.74) is 8.94. The molecule has 10 heteroatoms. The molecular formula is C25H27N9O. The second-order valence-corrected chi connectivity index (χ2v) is 9.30. The lowest BCUT2D eigenvalue weighted by molar-refractivity contribution is 0.386. The molecular weight excluding hydrogens is 442 g/mol. The summed E-state index contributed by atoms with van der Waals surface area (Å²) in [6.07, 6.45) is 9.23. The normalized spacial score (nSPS) is 17.8. The number of rotatable bonds is 6. The Balaban J connectivity index is 1.26. The van der Waals surface area contributed by atoms with Gasteiger partial charge in [-0.05, 0) is 36.8 Å². The Hall–Kier alpha value is -3.92. The molecule has 3 aromatic heterocycles. The summed E-state index contributed by atoms with van der Waals surface area (Å²) in [6, 6.07) is 8.41. The van der Waals surface area contributed by atoms with Crippen LogP contribution in [0.3, 0.4) is 0 Å². The van der Waals surface area contributed by atoms with E-state index in [0.717, 1.165) is 61.5 Å². The van der Waals surface area contributed by atoms with Crippen molar-refractivity contribution in [1.29, 1.82) is 0 Å². The number of nitrogens with zero attached hydrogens (tertiary/aromatic N) is 7. The van der Waals surface area contributed by atoms with E-state index >= 15 is 0 Å². The van der Waals surface area contributed by atoms with Gasteiger partial charge in [-0.15, -0.1) is 0 Å². The van der Waals surface area contributed by atoms with Crippen LogP contribution in [0.25, 0.3) is 22.7 Å². The standard InChI is InChI=1S/C25H27N9O/c1-25(19-6-7-19,18-4-2-16(3-5-18)17-12-30-24(26)31-13-17)23-32-22(35-33-23)20-14-29-21(15-28-20)34-10-8-27-9-11-34/h2-5,12-15,19,27H,6-11H2,1H3,(H2,26,30,31). The van der Waals surface area contributed by atoms with Crippen molar-refractivity contribution in [3.05, 3.63) is 60.4 Å². The molecule has 0 spiro atoms. The molecule has 178 valence electrons. The summed E-state index contributed by atoms with van der Waals surface area (Å²) in [4.78, 5) is 24.3. The van der Waals surface area contributed by atoms with Gasteiger partial charge in [0.2, 0.25) is 5.95 Å². The lowest BCUT2D eigenvalue weighted by atomic mass is 9.77. The molecule has 4 heterocycles. The van der Waals surface area contributed by atoms with Crippen LogP contribution >= 0.6 is 0 Å². The van der Waals surface area contributed by atoms with Crippen molar-refractivity contribution in [1.82, 2.24) is 35.4 Å². The van der Waals surface area contributed by atoms with Gasteiger partial charge in [0.15, 0.2) is 5.82 Å². The summed E-state index contributed by atoms with van der Waals surface area (Å²) < 4.78 is 5.67. The van der Waals surface area contributed by atoms with Crippen LogP contribution in [0.4, 0.5) is 11.8 Å². The van der Waals surface area contributed by atoms with Crippen LogP contribution in [0.1, 0.15) is 31.2 Å². The van der Waals surface area contributed by atoms with Crippen LogP contribution in [0.2, 0.25) is 0 Å². The molecule has 1 saturated carbocycles. The van der Waals surface area contributed by atoms with Crippen molar-refractivity contribution in [3.63, 3.8) is 0 Å². The number of anilines is 2. The molecule has 2 aliphatic rings. The molecule has 1 aliphatic heterocycles. The van der Waals surface area contributed by atoms with Gasteiger partial charge in [0, 0.05) is 44.1 Å². The average Bonchev–Trinajstić information content (AvgIpc) is 3.66. The summed E-state index contributed by atoms with van der Waals surface area (Å²) in [5.74, 6) is 2.65. The minimum atomic E-state index is -0.355. The molecule has 3 N–H and O–H groups in total. The number of benzene rings is 1. The van der Waals surface area contributed by atoms with Crippen LogP contribution in [0.5, 0.6) is 0 Å². The predicted octanol–water partition coefficient (Wildman–Crippen LogP) is 2.69. The predicted molar refractivity (Wildman–Crippen MR) is 131 cm³/mol. The maximum absolute atomic E-state index is 5.67. The molecule has 0 bridgehead atoms. The number of aromatic nitrogens is 6. The summed E-state index contributed by atoms with van der Waals surface area (Å²) in [5, 5.41) is 7.74. The fourth-order valence-electron chi connectivity index (χ4n) is 4.73. The number of hydrogen-bond acceptors (Lipinski definition) is 10. The fourth-order valence-corrected chi connectivity index (χ4v) is 4.73. The van der Waals surface area contributed by atoms with Crippen molar-refractivity contribution in [3.8, 4) is 22.7 Å². The minimum absolute atomic E-state index is 0.266. The van der Waals surface area contributed by atoms with Crippen molar-refractivity contribution in [2.24, 2.45) is 5.92 Å². The highest BCUT2D eigenvalue weighted by molar-refractivity contribution is 5.63. The monoisotopic (exact) mass is 469 g/mol. The molecule has 2 fully saturated rings. The number of piperazine rings is 1. The quantitative estimate of drug-likeness (QED) is 0.434. The SMILES string of the molecule is CC(c1ccc(-c2cnc(N)nc2)cc1)(c1noc(-c2cnc(N3CCNCC3)cn2)n1)C1CC1. The van der Waals surface area contributed by atoms with Gasteiger partial charge in [-0.1, -0.05) is 29.4 Å². The average molecular weight is 470 g/mol. The Morgan fingerprint density at radius 2 is 1.69 bits per heavy atom. The Kier molecular flexibility index (Phi) is 5.37. The van der Waals surface area contributed by atoms with E-state index in [4.69, 9.17) is 15.2 Å². The molecule has 0 radical (unpaired) electrons. The molecule has 0 amide bonds. The lowest BCUT2D eigenvalue weighted by Crippen LogP contribution is -2.43. The van der Waals surface area contributed by atoms with E-state index in [1.54, 1.807) is 24.8 Å². The van der Waals surface area contributed by atoms with E-state index < -0.39 is 0 Å². The molecule has 35 heavy (non-hydrogen) atoms. The van der Waals surface area contributed by atoms with E-state index in [9.17, 15) is 0 Å². The van der Waals surface area contributed by atoms with E-state index in [1.165, 1.54) is 0 Å². The number of nitrogens with two attached hydrogens (primary N) is 1. The van der Waals surface area contributed by atoms with Crippen LogP contribution in [0, 0.1) is 5.92 Å². The Morgan fingerprint density at radius 3 is 2.34 bits per heavy atom. The van der Waals surface area contributed by atoms with Crippen molar-refractivity contribution >= 4 is 11.8 Å². The van der Waals surface area contributed by atoms with Gasteiger partial charge >= 0.3 is 0 Å².